The number of carbonyl (C=O) groups is 1. The van der Waals surface area contributed by atoms with E-state index in [1.54, 1.807) is 0 Å². The van der Waals surface area contributed by atoms with Crippen molar-refractivity contribution in [2.75, 3.05) is 5.32 Å². The van der Waals surface area contributed by atoms with Gasteiger partial charge in [0, 0.05) is 17.6 Å². The zero-order chi connectivity index (χ0) is 21.0. The van der Waals surface area contributed by atoms with Crippen molar-refractivity contribution >= 4 is 22.8 Å². The van der Waals surface area contributed by atoms with Crippen LogP contribution in [0.15, 0.2) is 52.9 Å². The molecule has 0 saturated carbocycles. The molecule has 0 saturated heterocycles. The van der Waals surface area contributed by atoms with Gasteiger partial charge in [0.1, 0.15) is 11.5 Å². The predicted molar refractivity (Wildman–Crippen MR) is 98.7 cm³/mol. The van der Waals surface area contributed by atoms with Crippen molar-refractivity contribution < 1.29 is 18.0 Å². The summed E-state index contributed by atoms with van der Waals surface area (Å²) in [7, 11) is 0. The maximum absolute atomic E-state index is 13.2. The summed E-state index contributed by atoms with van der Waals surface area (Å²) in [6.45, 7) is 1.82. The van der Waals surface area contributed by atoms with Crippen LogP contribution in [0.3, 0.4) is 0 Å². The molecule has 2 aromatic heterocycles. The minimum atomic E-state index is -4.73. The molecule has 0 radical (unpaired) electrons. The van der Waals surface area contributed by atoms with Gasteiger partial charge in [-0.2, -0.15) is 23.4 Å². The summed E-state index contributed by atoms with van der Waals surface area (Å²) in [5, 5.41) is 17.3. The van der Waals surface area contributed by atoms with Gasteiger partial charge in [-0.25, -0.2) is 9.78 Å². The second-order valence-electron chi connectivity index (χ2n) is 6.13. The Labute approximate surface area is 162 Å². The van der Waals surface area contributed by atoms with Crippen molar-refractivity contribution in [3.8, 4) is 0 Å². The first-order valence-electron chi connectivity index (χ1n) is 8.43. The molecule has 2 amide bonds. The van der Waals surface area contributed by atoms with E-state index < -0.39 is 23.9 Å². The number of nitrogens with two attached hydrogens (primary N) is 1. The molecular formula is C17H17F3N8O. The van der Waals surface area contributed by atoms with E-state index in [9.17, 15) is 18.0 Å². The van der Waals surface area contributed by atoms with Crippen LogP contribution in [-0.2, 0) is 0 Å². The fourth-order valence-corrected chi connectivity index (χ4v) is 2.73. The number of nitrogens with zero attached hydrogens (tertiary/aromatic N) is 4. The SMILES string of the molecule is C[C@@H](NC(=O)Nc1cc2[nH]nc(C(N=NN)C(F)(F)F)c2cn1)c1ccccc1. The van der Waals surface area contributed by atoms with E-state index in [1.165, 1.54) is 6.07 Å². The molecule has 2 heterocycles. The van der Waals surface area contributed by atoms with Crippen molar-refractivity contribution in [2.24, 2.45) is 16.2 Å². The number of pyridine rings is 1. The smallest absolute Gasteiger partial charge is 0.331 e. The van der Waals surface area contributed by atoms with Gasteiger partial charge in [0.25, 0.3) is 0 Å². The molecule has 3 aromatic rings. The third kappa shape index (κ3) is 4.59. The third-order valence-electron chi connectivity index (χ3n) is 4.12. The van der Waals surface area contributed by atoms with Crippen molar-refractivity contribution in [1.29, 1.82) is 0 Å². The van der Waals surface area contributed by atoms with Gasteiger partial charge in [-0.1, -0.05) is 35.6 Å². The minimum absolute atomic E-state index is 0.0864. The molecule has 152 valence electrons. The summed E-state index contributed by atoms with van der Waals surface area (Å²) in [6.07, 6.45) is -3.56. The molecule has 3 rings (SSSR count). The second kappa shape index (κ2) is 8.12. The highest BCUT2D eigenvalue weighted by atomic mass is 19.4. The summed E-state index contributed by atoms with van der Waals surface area (Å²) in [5.74, 6) is 4.92. The Morgan fingerprint density at radius 2 is 2.00 bits per heavy atom. The number of rotatable bonds is 5. The van der Waals surface area contributed by atoms with Gasteiger partial charge in [-0.05, 0) is 12.5 Å². The lowest BCUT2D eigenvalue weighted by molar-refractivity contribution is -0.150. The fraction of sp³-hybridized carbons (Fsp3) is 0.235. The molecular weight excluding hydrogens is 389 g/mol. The molecule has 1 aromatic carbocycles. The largest absolute Gasteiger partial charge is 0.418 e. The highest BCUT2D eigenvalue weighted by Gasteiger charge is 2.44. The highest BCUT2D eigenvalue weighted by molar-refractivity contribution is 5.91. The Kier molecular flexibility index (Phi) is 5.61. The molecule has 2 atom stereocenters. The number of urea groups is 1. The van der Waals surface area contributed by atoms with Crippen molar-refractivity contribution in [3.05, 3.63) is 53.9 Å². The summed E-state index contributed by atoms with van der Waals surface area (Å²) in [4.78, 5) is 16.2. The number of aromatic amines is 1. The van der Waals surface area contributed by atoms with E-state index in [2.05, 4.69) is 36.2 Å². The van der Waals surface area contributed by atoms with E-state index in [0.717, 1.165) is 11.8 Å². The molecule has 0 spiro atoms. The van der Waals surface area contributed by atoms with E-state index in [4.69, 9.17) is 5.84 Å². The maximum atomic E-state index is 13.2. The zero-order valence-electron chi connectivity index (χ0n) is 15.1. The Morgan fingerprint density at radius 3 is 2.66 bits per heavy atom. The van der Waals surface area contributed by atoms with Gasteiger partial charge < -0.3 is 11.2 Å². The van der Waals surface area contributed by atoms with Crippen LogP contribution in [-0.4, -0.2) is 27.4 Å². The molecule has 5 N–H and O–H groups in total. The Hall–Kier alpha value is -3.70. The number of aromatic nitrogens is 3. The molecule has 0 bridgehead atoms. The summed E-state index contributed by atoms with van der Waals surface area (Å²) < 4.78 is 39.5. The quantitative estimate of drug-likeness (QED) is 0.291. The third-order valence-corrected chi connectivity index (χ3v) is 4.12. The lowest BCUT2D eigenvalue weighted by atomic mass is 10.1. The van der Waals surface area contributed by atoms with Crippen LogP contribution in [0, 0.1) is 0 Å². The second-order valence-corrected chi connectivity index (χ2v) is 6.13. The first kappa shape index (κ1) is 20.0. The Balaban J connectivity index is 1.76. The number of nitrogens with one attached hydrogen (secondary N) is 3. The monoisotopic (exact) mass is 406 g/mol. The summed E-state index contributed by atoms with van der Waals surface area (Å²) in [6, 6.07) is 7.60. The average Bonchev–Trinajstić information content (AvgIpc) is 3.08. The van der Waals surface area contributed by atoms with Crippen LogP contribution in [0.4, 0.5) is 23.8 Å². The Morgan fingerprint density at radius 1 is 1.28 bits per heavy atom. The first-order valence-corrected chi connectivity index (χ1v) is 8.43. The van der Waals surface area contributed by atoms with Crippen molar-refractivity contribution in [1.82, 2.24) is 20.5 Å². The molecule has 12 heteroatoms. The van der Waals surface area contributed by atoms with Crippen LogP contribution in [0.1, 0.15) is 30.3 Å². The van der Waals surface area contributed by atoms with Crippen LogP contribution in [0.5, 0.6) is 0 Å². The number of benzene rings is 1. The van der Waals surface area contributed by atoms with Gasteiger partial charge >= 0.3 is 12.2 Å². The number of halogens is 3. The molecule has 1 unspecified atom stereocenters. The van der Waals surface area contributed by atoms with E-state index >= 15 is 0 Å². The van der Waals surface area contributed by atoms with Gasteiger partial charge in [-0.3, -0.25) is 10.4 Å². The van der Waals surface area contributed by atoms with E-state index in [1.807, 2.05) is 37.3 Å². The molecule has 0 aliphatic rings. The van der Waals surface area contributed by atoms with Crippen LogP contribution in [0.25, 0.3) is 10.9 Å². The van der Waals surface area contributed by atoms with Crippen LogP contribution in [0.2, 0.25) is 0 Å². The maximum Gasteiger partial charge on any atom is 0.418 e. The number of H-pyrrole nitrogens is 1. The van der Waals surface area contributed by atoms with Gasteiger partial charge in [-0.15, -0.1) is 0 Å². The summed E-state index contributed by atoms with van der Waals surface area (Å²) in [5.41, 5.74) is 0.738. The molecule has 9 nitrogen and oxygen atoms in total. The normalized spacial score (nSPS) is 14.1. The minimum Gasteiger partial charge on any atom is -0.331 e. The summed E-state index contributed by atoms with van der Waals surface area (Å²) >= 11 is 0. The van der Waals surface area contributed by atoms with Crippen molar-refractivity contribution in [2.45, 2.75) is 25.2 Å². The molecule has 0 fully saturated rings. The molecule has 0 aliphatic heterocycles. The molecule has 29 heavy (non-hydrogen) atoms. The number of anilines is 1. The van der Waals surface area contributed by atoms with Gasteiger partial charge in [0.05, 0.1) is 11.6 Å². The standard InChI is InChI=1S/C17H17F3N8O/c1-9(10-5-3-2-4-6-10)23-16(29)24-13-7-12-11(8-22-13)14(26-25-12)15(27-28-21)17(18,19)20/h2-9,15H,1H3,(H2,21,27)(H,25,26)(H2,22,23,24,29)/t9-,15?/m1/s1. The van der Waals surface area contributed by atoms with Crippen LogP contribution >= 0.6 is 0 Å². The fourth-order valence-electron chi connectivity index (χ4n) is 2.73. The number of carbonyl (C=O) groups excluding carboxylic acids is 1. The topological polar surface area (TPSA) is 133 Å². The van der Waals surface area contributed by atoms with Crippen molar-refractivity contribution in [3.63, 3.8) is 0 Å². The van der Waals surface area contributed by atoms with Gasteiger partial charge in [0.15, 0.2) is 0 Å². The number of fused-ring (bicyclic) bond motifs is 1. The van der Waals surface area contributed by atoms with Crippen LogP contribution < -0.4 is 16.5 Å². The number of hydrogen-bond acceptors (Lipinski definition) is 5. The lowest BCUT2D eigenvalue weighted by Gasteiger charge is -2.15. The van der Waals surface area contributed by atoms with Gasteiger partial charge in [0.2, 0.25) is 6.04 Å². The number of amides is 2. The number of hydrogen-bond donors (Lipinski definition) is 4. The first-order chi connectivity index (χ1) is 13.8. The zero-order valence-corrected chi connectivity index (χ0v) is 15.1. The predicted octanol–water partition coefficient (Wildman–Crippen LogP) is 3.77. The molecule has 0 aliphatic carbocycles. The lowest BCUT2D eigenvalue weighted by Crippen LogP contribution is -2.31. The highest BCUT2D eigenvalue weighted by Crippen LogP contribution is 2.38. The number of alkyl halides is 3. The average molecular weight is 406 g/mol. The van der Waals surface area contributed by atoms with E-state index in [-0.39, 0.29) is 22.8 Å². The Bertz CT molecular complexity index is 1020. The van der Waals surface area contributed by atoms with E-state index in [0.29, 0.717) is 0 Å².